The normalized spacial score (nSPS) is 11.9. The maximum Gasteiger partial charge on any atom is 0.310 e. The number of esters is 1. The van der Waals surface area contributed by atoms with Crippen LogP contribution >= 0.6 is 0 Å². The van der Waals surface area contributed by atoms with Crippen molar-refractivity contribution in [2.45, 2.75) is 56.1 Å². The van der Waals surface area contributed by atoms with Crippen molar-refractivity contribution in [3.63, 3.8) is 0 Å². The van der Waals surface area contributed by atoms with E-state index in [1.165, 1.54) is 0 Å². The lowest BCUT2D eigenvalue weighted by molar-refractivity contribution is -0.153. The zero-order chi connectivity index (χ0) is 25.9. The van der Waals surface area contributed by atoms with Gasteiger partial charge in [0.15, 0.2) is 0 Å². The Bertz CT molecular complexity index is 1470. The number of hydrogen-bond donors (Lipinski definition) is 0. The summed E-state index contributed by atoms with van der Waals surface area (Å²) in [5, 5.41) is 4.81. The molecule has 0 bridgehead atoms. The molecule has 0 aliphatic heterocycles. The second-order valence-electron chi connectivity index (χ2n) is 9.49. The van der Waals surface area contributed by atoms with Crippen LogP contribution in [0, 0.1) is 6.92 Å². The minimum absolute atomic E-state index is 0.0463. The van der Waals surface area contributed by atoms with Gasteiger partial charge in [-0.1, -0.05) is 36.4 Å². The van der Waals surface area contributed by atoms with E-state index in [1.807, 2.05) is 45.9 Å². The maximum atomic E-state index is 13.4. The van der Waals surface area contributed by atoms with Crippen LogP contribution in [0.25, 0.3) is 11.3 Å². The number of pyridine rings is 1. The average molecular weight is 504 g/mol. The van der Waals surface area contributed by atoms with Gasteiger partial charge in [-0.15, -0.1) is 0 Å². The number of benzene rings is 2. The molecule has 8 heteroatoms. The Morgan fingerprint density at radius 3 is 2.25 bits per heavy atom. The number of hydrogen-bond acceptors (Lipinski definition) is 6. The van der Waals surface area contributed by atoms with Gasteiger partial charge < -0.3 is 4.74 Å². The van der Waals surface area contributed by atoms with Gasteiger partial charge in [-0.2, -0.15) is 5.10 Å². The van der Waals surface area contributed by atoms with Crippen LogP contribution in [0.1, 0.15) is 37.6 Å². The Hall–Kier alpha value is -3.78. The first-order chi connectivity index (χ1) is 17.1. The van der Waals surface area contributed by atoms with Crippen LogP contribution in [-0.2, 0) is 32.3 Å². The molecule has 2 heterocycles. The summed E-state index contributed by atoms with van der Waals surface area (Å²) in [6.45, 7) is 7.59. The third-order valence-corrected chi connectivity index (χ3v) is 7.53. The van der Waals surface area contributed by atoms with E-state index < -0.39 is 15.4 Å². The van der Waals surface area contributed by atoms with Crippen LogP contribution < -0.4 is 0 Å². The van der Waals surface area contributed by atoms with Crippen molar-refractivity contribution in [3.8, 4) is 11.3 Å². The zero-order valence-corrected chi connectivity index (χ0v) is 21.6. The minimum Gasteiger partial charge on any atom is -0.460 e. The number of sulfone groups is 1. The molecule has 7 nitrogen and oxygen atoms in total. The molecule has 2 aromatic heterocycles. The minimum atomic E-state index is -3.72. The van der Waals surface area contributed by atoms with E-state index in [4.69, 9.17) is 9.84 Å². The highest BCUT2D eigenvalue weighted by Crippen LogP contribution is 2.29. The van der Waals surface area contributed by atoms with Crippen molar-refractivity contribution >= 4 is 15.8 Å². The van der Waals surface area contributed by atoms with Gasteiger partial charge in [-0.25, -0.2) is 8.42 Å². The van der Waals surface area contributed by atoms with Crippen molar-refractivity contribution in [2.24, 2.45) is 0 Å². The topological polar surface area (TPSA) is 91.2 Å². The molecule has 0 radical (unpaired) electrons. The average Bonchev–Trinajstić information content (AvgIpc) is 3.14. The Balaban J connectivity index is 1.76. The molecule has 186 valence electrons. The summed E-state index contributed by atoms with van der Waals surface area (Å²) in [6.07, 6.45) is 3.38. The molecule has 0 fully saturated rings. The molecule has 0 N–H and O–H groups in total. The second kappa shape index (κ2) is 10.1. The number of ether oxygens (including phenoxy) is 1. The molecule has 2 aromatic carbocycles. The lowest BCUT2D eigenvalue weighted by Crippen LogP contribution is -2.25. The molecular weight excluding hydrogens is 474 g/mol. The molecule has 4 rings (SSSR count). The largest absolute Gasteiger partial charge is 0.460 e. The first kappa shape index (κ1) is 25.3. The first-order valence-corrected chi connectivity index (χ1v) is 13.1. The van der Waals surface area contributed by atoms with E-state index in [0.717, 1.165) is 16.8 Å². The fourth-order valence-electron chi connectivity index (χ4n) is 4.00. The molecule has 0 unspecified atom stereocenters. The molecule has 0 atom stereocenters. The molecule has 0 aliphatic carbocycles. The van der Waals surface area contributed by atoms with E-state index in [-0.39, 0.29) is 28.7 Å². The third-order valence-electron chi connectivity index (χ3n) is 5.66. The molecular formula is C28H29N3O4S. The van der Waals surface area contributed by atoms with E-state index in [1.54, 1.807) is 65.6 Å². The molecule has 0 saturated carbocycles. The summed E-state index contributed by atoms with van der Waals surface area (Å²) in [5.74, 6) is -0.354. The molecule has 4 aromatic rings. The van der Waals surface area contributed by atoms with Crippen LogP contribution in [0.2, 0.25) is 0 Å². The van der Waals surface area contributed by atoms with Crippen LogP contribution in [-0.4, -0.2) is 34.8 Å². The predicted octanol–water partition coefficient (Wildman–Crippen LogP) is 5.02. The third kappa shape index (κ3) is 5.54. The summed E-state index contributed by atoms with van der Waals surface area (Å²) in [5.41, 5.74) is 2.96. The van der Waals surface area contributed by atoms with Crippen molar-refractivity contribution in [3.05, 3.63) is 95.9 Å². The highest BCUT2D eigenvalue weighted by Gasteiger charge is 2.25. The zero-order valence-electron chi connectivity index (χ0n) is 20.8. The number of nitrogens with zero attached hydrogens (tertiary/aromatic N) is 3. The predicted molar refractivity (Wildman–Crippen MR) is 137 cm³/mol. The quantitative estimate of drug-likeness (QED) is 0.329. The van der Waals surface area contributed by atoms with Crippen LogP contribution in [0.3, 0.4) is 0 Å². The van der Waals surface area contributed by atoms with Gasteiger partial charge in [0, 0.05) is 29.2 Å². The summed E-state index contributed by atoms with van der Waals surface area (Å²) in [7, 11) is -3.72. The van der Waals surface area contributed by atoms with Crippen LogP contribution in [0.5, 0.6) is 0 Å². The SMILES string of the molecule is Cc1c(CC(=O)OC(C)(C)C)c(-c2ccncc2)nn1Cc1ccccc1S(=O)(=O)c1ccccc1. The summed E-state index contributed by atoms with van der Waals surface area (Å²) in [6, 6.07) is 19.0. The van der Waals surface area contributed by atoms with Gasteiger partial charge in [-0.3, -0.25) is 14.5 Å². The molecule has 0 spiro atoms. The van der Waals surface area contributed by atoms with Crippen molar-refractivity contribution in [1.82, 2.24) is 14.8 Å². The fraction of sp³-hybridized carbons (Fsp3) is 0.250. The van der Waals surface area contributed by atoms with Crippen molar-refractivity contribution in [1.29, 1.82) is 0 Å². The second-order valence-corrected chi connectivity index (χ2v) is 11.4. The number of aromatic nitrogens is 3. The smallest absolute Gasteiger partial charge is 0.310 e. The monoisotopic (exact) mass is 503 g/mol. The molecule has 0 aliphatic rings. The van der Waals surface area contributed by atoms with E-state index in [0.29, 0.717) is 11.3 Å². The molecule has 0 saturated heterocycles. The first-order valence-electron chi connectivity index (χ1n) is 11.6. The Morgan fingerprint density at radius 1 is 0.944 bits per heavy atom. The Morgan fingerprint density at radius 2 is 1.58 bits per heavy atom. The van der Waals surface area contributed by atoms with E-state index in [2.05, 4.69) is 4.98 Å². The molecule has 0 amide bonds. The van der Waals surface area contributed by atoms with Gasteiger partial charge >= 0.3 is 5.97 Å². The maximum absolute atomic E-state index is 13.4. The highest BCUT2D eigenvalue weighted by atomic mass is 32.2. The van der Waals surface area contributed by atoms with Gasteiger partial charge in [0.05, 0.1) is 28.5 Å². The van der Waals surface area contributed by atoms with Gasteiger partial charge in [0.1, 0.15) is 5.60 Å². The Labute approximate surface area is 211 Å². The lowest BCUT2D eigenvalue weighted by atomic mass is 10.0. The summed E-state index contributed by atoms with van der Waals surface area (Å²) < 4.78 is 34.1. The number of carbonyl (C=O) groups excluding carboxylic acids is 1. The van der Waals surface area contributed by atoms with Crippen molar-refractivity contribution in [2.75, 3.05) is 0 Å². The van der Waals surface area contributed by atoms with E-state index in [9.17, 15) is 13.2 Å². The van der Waals surface area contributed by atoms with E-state index >= 15 is 0 Å². The summed E-state index contributed by atoms with van der Waals surface area (Å²) in [4.78, 5) is 17.3. The number of carbonyl (C=O) groups is 1. The summed E-state index contributed by atoms with van der Waals surface area (Å²) >= 11 is 0. The van der Waals surface area contributed by atoms with Crippen molar-refractivity contribution < 1.29 is 17.9 Å². The van der Waals surface area contributed by atoms with Gasteiger partial charge in [-0.05, 0) is 63.6 Å². The highest BCUT2D eigenvalue weighted by molar-refractivity contribution is 7.91. The standard InChI is InChI=1S/C28H29N3O4S/c1-20-24(18-26(32)35-28(2,3)4)27(21-14-16-29-17-15-21)30-31(20)19-22-10-8-9-13-25(22)36(33,34)23-11-6-5-7-12-23/h5-17H,18-19H2,1-4H3. The van der Waals surface area contributed by atoms with Crippen LogP contribution in [0.4, 0.5) is 0 Å². The fourth-order valence-corrected chi connectivity index (χ4v) is 5.50. The number of rotatable bonds is 7. The van der Waals surface area contributed by atoms with Gasteiger partial charge in [0.25, 0.3) is 0 Å². The lowest BCUT2D eigenvalue weighted by Gasteiger charge is -2.19. The molecule has 36 heavy (non-hydrogen) atoms. The van der Waals surface area contributed by atoms with Gasteiger partial charge in [0.2, 0.25) is 9.84 Å². The Kier molecular flexibility index (Phi) is 7.08. The van der Waals surface area contributed by atoms with Crippen LogP contribution in [0.15, 0.2) is 88.9 Å².